The first-order valence-electron chi connectivity index (χ1n) is 5.80. The first kappa shape index (κ1) is 11.9. The van der Waals surface area contributed by atoms with Crippen LogP contribution in [-0.2, 0) is 4.74 Å². The molecular weight excluding hydrogens is 216 g/mol. The standard InChI is InChI=1S/C13H18N2O2/c1-10-3-5-11(6-4-10)15-12(16)17-9-13(15,2)7-8-14/h3-6H,7-9,14H2,1-2H3. The van der Waals surface area contributed by atoms with Crippen LogP contribution in [0.3, 0.4) is 0 Å². The highest BCUT2D eigenvalue weighted by molar-refractivity contribution is 5.91. The van der Waals surface area contributed by atoms with E-state index in [2.05, 4.69) is 0 Å². The second-order valence-electron chi connectivity index (χ2n) is 4.76. The van der Waals surface area contributed by atoms with E-state index in [1.165, 1.54) is 5.56 Å². The Bertz CT molecular complexity index is 416. The largest absolute Gasteiger partial charge is 0.447 e. The minimum atomic E-state index is -0.332. The van der Waals surface area contributed by atoms with Crippen molar-refractivity contribution in [3.8, 4) is 0 Å². The molecule has 4 nitrogen and oxygen atoms in total. The van der Waals surface area contributed by atoms with Gasteiger partial charge in [-0.15, -0.1) is 0 Å². The molecule has 17 heavy (non-hydrogen) atoms. The molecule has 1 atom stereocenters. The number of anilines is 1. The molecule has 1 aliphatic heterocycles. The molecule has 1 aliphatic rings. The highest BCUT2D eigenvalue weighted by Gasteiger charge is 2.43. The Kier molecular flexibility index (Phi) is 3.07. The smallest absolute Gasteiger partial charge is 0.415 e. The SMILES string of the molecule is Cc1ccc(N2C(=O)OCC2(C)CCN)cc1. The molecule has 4 heteroatoms. The molecule has 1 heterocycles. The van der Waals surface area contributed by atoms with Crippen LogP contribution < -0.4 is 10.6 Å². The maximum absolute atomic E-state index is 11.8. The second kappa shape index (κ2) is 4.37. The number of hydrogen-bond acceptors (Lipinski definition) is 3. The van der Waals surface area contributed by atoms with Gasteiger partial charge < -0.3 is 10.5 Å². The van der Waals surface area contributed by atoms with Gasteiger partial charge in [0.2, 0.25) is 0 Å². The third-order valence-corrected chi connectivity index (χ3v) is 3.20. The quantitative estimate of drug-likeness (QED) is 0.871. The molecule has 1 aromatic rings. The zero-order chi connectivity index (χ0) is 12.5. The fraction of sp³-hybridized carbons (Fsp3) is 0.462. The first-order valence-corrected chi connectivity index (χ1v) is 5.80. The third kappa shape index (κ3) is 2.13. The van der Waals surface area contributed by atoms with Gasteiger partial charge in [-0.2, -0.15) is 0 Å². The maximum Gasteiger partial charge on any atom is 0.415 e. The zero-order valence-electron chi connectivity index (χ0n) is 10.3. The normalized spacial score (nSPS) is 23.9. The molecule has 1 unspecified atom stereocenters. The van der Waals surface area contributed by atoms with E-state index in [4.69, 9.17) is 10.5 Å². The molecule has 2 rings (SSSR count). The molecule has 0 spiro atoms. The topological polar surface area (TPSA) is 55.6 Å². The van der Waals surface area contributed by atoms with Crippen LogP contribution in [0.2, 0.25) is 0 Å². The van der Waals surface area contributed by atoms with Crippen molar-refractivity contribution in [1.82, 2.24) is 0 Å². The van der Waals surface area contributed by atoms with Gasteiger partial charge in [0.25, 0.3) is 0 Å². The van der Waals surface area contributed by atoms with Crippen LogP contribution >= 0.6 is 0 Å². The monoisotopic (exact) mass is 234 g/mol. The van der Waals surface area contributed by atoms with Crippen LogP contribution in [0.25, 0.3) is 0 Å². The van der Waals surface area contributed by atoms with Crippen molar-refractivity contribution in [3.63, 3.8) is 0 Å². The molecule has 2 N–H and O–H groups in total. The van der Waals surface area contributed by atoms with Gasteiger partial charge in [0.15, 0.2) is 0 Å². The first-order chi connectivity index (χ1) is 8.07. The van der Waals surface area contributed by atoms with Crippen molar-refractivity contribution < 1.29 is 9.53 Å². The van der Waals surface area contributed by atoms with Gasteiger partial charge in [-0.05, 0) is 38.9 Å². The minimum Gasteiger partial charge on any atom is -0.447 e. The number of cyclic esters (lactones) is 1. The number of rotatable bonds is 3. The molecule has 0 radical (unpaired) electrons. The number of aryl methyl sites for hydroxylation is 1. The van der Waals surface area contributed by atoms with Crippen molar-refractivity contribution in [2.45, 2.75) is 25.8 Å². The Morgan fingerprint density at radius 1 is 1.41 bits per heavy atom. The van der Waals surface area contributed by atoms with Crippen molar-refractivity contribution in [3.05, 3.63) is 29.8 Å². The predicted octanol–water partition coefficient (Wildman–Crippen LogP) is 2.06. The van der Waals surface area contributed by atoms with Gasteiger partial charge in [-0.1, -0.05) is 17.7 Å². The number of ether oxygens (including phenoxy) is 1. The molecule has 0 bridgehead atoms. The van der Waals surface area contributed by atoms with Crippen LogP contribution in [0.5, 0.6) is 0 Å². The minimum absolute atomic E-state index is 0.287. The van der Waals surface area contributed by atoms with Crippen LogP contribution in [-0.4, -0.2) is 24.8 Å². The lowest BCUT2D eigenvalue weighted by molar-refractivity contribution is 0.173. The van der Waals surface area contributed by atoms with E-state index in [1.54, 1.807) is 4.90 Å². The van der Waals surface area contributed by atoms with E-state index in [9.17, 15) is 4.79 Å². The molecule has 1 saturated heterocycles. The number of carbonyl (C=O) groups is 1. The fourth-order valence-corrected chi connectivity index (χ4v) is 2.17. The van der Waals surface area contributed by atoms with Crippen LogP contribution in [0.4, 0.5) is 10.5 Å². The van der Waals surface area contributed by atoms with Gasteiger partial charge in [-0.25, -0.2) is 4.79 Å². The lowest BCUT2D eigenvalue weighted by atomic mass is 9.97. The van der Waals surface area contributed by atoms with Gasteiger partial charge in [0, 0.05) is 5.69 Å². The maximum atomic E-state index is 11.8. The summed E-state index contributed by atoms with van der Waals surface area (Å²) in [5.74, 6) is 0. The summed E-state index contributed by atoms with van der Waals surface area (Å²) in [6.07, 6.45) is 0.442. The second-order valence-corrected chi connectivity index (χ2v) is 4.76. The van der Waals surface area contributed by atoms with Crippen LogP contribution in [0.1, 0.15) is 18.9 Å². The summed E-state index contributed by atoms with van der Waals surface area (Å²) in [6.45, 7) is 4.96. The Morgan fingerprint density at radius 3 is 2.65 bits per heavy atom. The van der Waals surface area contributed by atoms with E-state index in [-0.39, 0.29) is 11.6 Å². The molecule has 1 fully saturated rings. The van der Waals surface area contributed by atoms with Crippen molar-refractivity contribution >= 4 is 11.8 Å². The molecule has 0 saturated carbocycles. The Hall–Kier alpha value is -1.55. The van der Waals surface area contributed by atoms with E-state index in [1.807, 2.05) is 38.1 Å². The summed E-state index contributed by atoms with van der Waals surface area (Å²) in [7, 11) is 0. The zero-order valence-corrected chi connectivity index (χ0v) is 10.3. The molecule has 0 aromatic heterocycles. The molecule has 92 valence electrons. The number of nitrogens with two attached hydrogens (primary N) is 1. The summed E-state index contributed by atoms with van der Waals surface area (Å²) in [5.41, 5.74) is 7.32. The van der Waals surface area contributed by atoms with E-state index in [0.29, 0.717) is 13.2 Å². The van der Waals surface area contributed by atoms with Crippen molar-refractivity contribution in [1.29, 1.82) is 0 Å². The lowest BCUT2D eigenvalue weighted by Gasteiger charge is -2.31. The number of carbonyl (C=O) groups excluding carboxylic acids is 1. The lowest BCUT2D eigenvalue weighted by Crippen LogP contribution is -2.46. The highest BCUT2D eigenvalue weighted by atomic mass is 16.6. The van der Waals surface area contributed by atoms with Crippen molar-refractivity contribution in [2.24, 2.45) is 5.73 Å². The predicted molar refractivity (Wildman–Crippen MR) is 67.1 cm³/mol. The Labute approximate surface area is 101 Å². The number of amides is 1. The summed E-state index contributed by atoms with van der Waals surface area (Å²) >= 11 is 0. The van der Waals surface area contributed by atoms with E-state index >= 15 is 0 Å². The van der Waals surface area contributed by atoms with Gasteiger partial charge in [0.1, 0.15) is 6.61 Å². The average Bonchev–Trinajstić information content (AvgIpc) is 2.57. The molecule has 1 amide bonds. The number of nitrogens with zero attached hydrogens (tertiary/aromatic N) is 1. The Morgan fingerprint density at radius 2 is 2.06 bits per heavy atom. The summed E-state index contributed by atoms with van der Waals surface area (Å²) in [6, 6.07) is 7.86. The van der Waals surface area contributed by atoms with Gasteiger partial charge in [0.05, 0.1) is 5.54 Å². The molecule has 1 aromatic carbocycles. The third-order valence-electron chi connectivity index (χ3n) is 3.20. The summed E-state index contributed by atoms with van der Waals surface area (Å²) < 4.78 is 5.15. The number of benzene rings is 1. The Balaban J connectivity index is 2.33. The number of hydrogen-bond donors (Lipinski definition) is 1. The fourth-order valence-electron chi connectivity index (χ4n) is 2.17. The average molecular weight is 234 g/mol. The van der Waals surface area contributed by atoms with E-state index < -0.39 is 0 Å². The molecule has 0 aliphatic carbocycles. The highest BCUT2D eigenvalue weighted by Crippen LogP contribution is 2.32. The van der Waals surface area contributed by atoms with Gasteiger partial charge in [-0.3, -0.25) is 4.90 Å². The van der Waals surface area contributed by atoms with Crippen LogP contribution in [0.15, 0.2) is 24.3 Å². The summed E-state index contributed by atoms with van der Waals surface area (Å²) in [5, 5.41) is 0. The molecular formula is C13H18N2O2. The van der Waals surface area contributed by atoms with Crippen molar-refractivity contribution in [2.75, 3.05) is 18.1 Å². The van der Waals surface area contributed by atoms with E-state index in [0.717, 1.165) is 12.1 Å². The van der Waals surface area contributed by atoms with Gasteiger partial charge >= 0.3 is 6.09 Å². The van der Waals surface area contributed by atoms with Crippen LogP contribution in [0, 0.1) is 6.92 Å². The summed E-state index contributed by atoms with van der Waals surface area (Å²) in [4.78, 5) is 13.5.